The number of carbonyl (C=O) groups excluding carboxylic acids is 2. The molecule has 0 saturated heterocycles. The summed E-state index contributed by atoms with van der Waals surface area (Å²) in [5, 5.41) is 0.880. The molecule has 1 rings (SSSR count). The molecule has 152 valence electrons. The van der Waals surface area contributed by atoms with Crippen molar-refractivity contribution in [2.24, 2.45) is 0 Å². The average molecular weight is 379 g/mol. The van der Waals surface area contributed by atoms with Gasteiger partial charge in [0.1, 0.15) is 11.2 Å². The fourth-order valence-electron chi connectivity index (χ4n) is 2.08. The molecule has 1 aromatic carbocycles. The van der Waals surface area contributed by atoms with Crippen molar-refractivity contribution in [3.05, 3.63) is 35.4 Å². The number of hydrogen-bond donors (Lipinski definition) is 0. The summed E-state index contributed by atoms with van der Waals surface area (Å²) in [6, 6.07) is 7.79. The quantitative estimate of drug-likeness (QED) is 0.495. The maximum Gasteiger partial charge on any atom is 0.534 e. The first kappa shape index (κ1) is 22.8. The molecule has 0 aliphatic rings. The third-order valence-corrected chi connectivity index (χ3v) is 3.32. The van der Waals surface area contributed by atoms with Crippen LogP contribution < -0.4 is 0 Å². The number of amides is 1. The van der Waals surface area contributed by atoms with Gasteiger partial charge >= 0.3 is 12.2 Å². The van der Waals surface area contributed by atoms with E-state index in [0.717, 1.165) is 10.6 Å². The first-order chi connectivity index (χ1) is 12.1. The van der Waals surface area contributed by atoms with E-state index in [4.69, 9.17) is 14.3 Å². The Hall–Kier alpha value is -2.24. The van der Waals surface area contributed by atoms with Gasteiger partial charge < -0.3 is 9.47 Å². The molecular formula is C21H33NO5. The summed E-state index contributed by atoms with van der Waals surface area (Å²) >= 11 is 0. The fraction of sp³-hybridized carbons (Fsp3) is 0.619. The van der Waals surface area contributed by atoms with Crippen LogP contribution in [0.2, 0.25) is 0 Å². The zero-order chi connectivity index (χ0) is 21.0. The summed E-state index contributed by atoms with van der Waals surface area (Å²) in [7, 11) is 0. The van der Waals surface area contributed by atoms with Crippen molar-refractivity contribution in [2.75, 3.05) is 0 Å². The van der Waals surface area contributed by atoms with Crippen molar-refractivity contribution in [1.82, 2.24) is 5.06 Å². The highest BCUT2D eigenvalue weighted by Crippen LogP contribution is 2.23. The van der Waals surface area contributed by atoms with E-state index < -0.39 is 23.5 Å². The molecule has 6 heteroatoms. The van der Waals surface area contributed by atoms with Gasteiger partial charge in [0.25, 0.3) is 0 Å². The van der Waals surface area contributed by atoms with Gasteiger partial charge in [-0.2, -0.15) is 0 Å². The Balaban J connectivity index is 2.96. The van der Waals surface area contributed by atoms with E-state index >= 15 is 0 Å². The highest BCUT2D eigenvalue weighted by molar-refractivity contribution is 5.70. The molecular weight excluding hydrogens is 346 g/mol. The van der Waals surface area contributed by atoms with Crippen LogP contribution in [-0.2, 0) is 26.3 Å². The Morgan fingerprint density at radius 1 is 0.815 bits per heavy atom. The van der Waals surface area contributed by atoms with Crippen molar-refractivity contribution in [3.8, 4) is 0 Å². The molecule has 0 radical (unpaired) electrons. The van der Waals surface area contributed by atoms with Gasteiger partial charge in [0.15, 0.2) is 0 Å². The van der Waals surface area contributed by atoms with Gasteiger partial charge in [0.2, 0.25) is 0 Å². The average Bonchev–Trinajstić information content (AvgIpc) is 2.42. The number of carbonyl (C=O) groups is 2. The van der Waals surface area contributed by atoms with Crippen LogP contribution in [0, 0.1) is 0 Å². The topological polar surface area (TPSA) is 65.1 Å². The number of nitrogens with zero attached hydrogens (tertiary/aromatic N) is 1. The summed E-state index contributed by atoms with van der Waals surface area (Å²) in [4.78, 5) is 29.6. The predicted molar refractivity (Wildman–Crippen MR) is 104 cm³/mol. The minimum Gasteiger partial charge on any atom is -0.442 e. The zero-order valence-electron chi connectivity index (χ0n) is 18.0. The first-order valence-corrected chi connectivity index (χ1v) is 9.08. The molecule has 0 bridgehead atoms. The Bertz CT molecular complexity index is 645. The predicted octanol–water partition coefficient (Wildman–Crippen LogP) is 5.59. The van der Waals surface area contributed by atoms with E-state index in [2.05, 4.69) is 20.8 Å². The van der Waals surface area contributed by atoms with Crippen LogP contribution in [0.15, 0.2) is 24.3 Å². The standard InChI is InChI=1S/C21H33NO5/c1-19(2,3)16-12-10-15(11-13-16)14-22(17(23)25-20(4,5)6)27-18(24)26-21(7,8)9/h10-13H,14H2,1-9H3. The molecule has 0 fully saturated rings. The van der Waals surface area contributed by atoms with Crippen molar-refractivity contribution < 1.29 is 23.9 Å². The zero-order valence-corrected chi connectivity index (χ0v) is 18.0. The van der Waals surface area contributed by atoms with Crippen LogP contribution in [0.5, 0.6) is 0 Å². The molecule has 0 atom stereocenters. The van der Waals surface area contributed by atoms with Crippen LogP contribution in [0.25, 0.3) is 0 Å². The second-order valence-corrected chi connectivity index (χ2v) is 9.52. The van der Waals surface area contributed by atoms with E-state index in [9.17, 15) is 9.59 Å². The molecule has 0 N–H and O–H groups in total. The second-order valence-electron chi connectivity index (χ2n) is 9.52. The molecule has 0 aliphatic carbocycles. The molecule has 0 spiro atoms. The van der Waals surface area contributed by atoms with E-state index in [1.165, 1.54) is 5.56 Å². The SMILES string of the molecule is CC(C)(C)OC(=O)ON(Cc1ccc(C(C)(C)C)cc1)C(=O)OC(C)(C)C. The molecule has 0 heterocycles. The Kier molecular flexibility index (Phi) is 6.92. The lowest BCUT2D eigenvalue weighted by molar-refractivity contribution is -0.140. The third kappa shape index (κ3) is 8.80. The van der Waals surface area contributed by atoms with E-state index in [1.54, 1.807) is 41.5 Å². The summed E-state index contributed by atoms with van der Waals surface area (Å²) < 4.78 is 10.5. The minimum atomic E-state index is -0.959. The molecule has 1 amide bonds. The van der Waals surface area contributed by atoms with Gasteiger partial charge in [-0.3, -0.25) is 4.84 Å². The number of benzene rings is 1. The molecule has 0 unspecified atom stereocenters. The highest BCUT2D eigenvalue weighted by Gasteiger charge is 2.28. The summed E-state index contributed by atoms with van der Waals surface area (Å²) in [6.07, 6.45) is -1.71. The lowest BCUT2D eigenvalue weighted by atomic mass is 9.87. The van der Waals surface area contributed by atoms with Crippen LogP contribution in [0.4, 0.5) is 9.59 Å². The van der Waals surface area contributed by atoms with Crippen LogP contribution in [-0.4, -0.2) is 28.5 Å². The van der Waals surface area contributed by atoms with Gasteiger partial charge in [-0.05, 0) is 58.1 Å². The number of hydroxylamine groups is 2. The van der Waals surface area contributed by atoms with Gasteiger partial charge in [0, 0.05) is 0 Å². The molecule has 6 nitrogen and oxygen atoms in total. The van der Waals surface area contributed by atoms with Crippen molar-refractivity contribution in [1.29, 1.82) is 0 Å². The monoisotopic (exact) mass is 379 g/mol. The van der Waals surface area contributed by atoms with Crippen molar-refractivity contribution in [3.63, 3.8) is 0 Å². The molecule has 0 aliphatic heterocycles. The largest absolute Gasteiger partial charge is 0.534 e. The second kappa shape index (κ2) is 8.19. The Labute approximate surface area is 162 Å². The first-order valence-electron chi connectivity index (χ1n) is 9.08. The van der Waals surface area contributed by atoms with Crippen molar-refractivity contribution >= 4 is 12.2 Å². The van der Waals surface area contributed by atoms with Crippen LogP contribution in [0.3, 0.4) is 0 Å². The maximum absolute atomic E-state index is 12.5. The summed E-state index contributed by atoms with van der Waals surface area (Å²) in [5.41, 5.74) is 0.546. The summed E-state index contributed by atoms with van der Waals surface area (Å²) in [6.45, 7) is 16.8. The fourth-order valence-corrected chi connectivity index (χ4v) is 2.08. The lowest BCUT2D eigenvalue weighted by Gasteiger charge is -2.27. The van der Waals surface area contributed by atoms with Crippen LogP contribution in [0.1, 0.15) is 73.4 Å². The van der Waals surface area contributed by atoms with E-state index in [0.29, 0.717) is 0 Å². The Morgan fingerprint density at radius 2 is 1.30 bits per heavy atom. The summed E-state index contributed by atoms with van der Waals surface area (Å²) in [5.74, 6) is 0. The van der Waals surface area contributed by atoms with Crippen LogP contribution >= 0.6 is 0 Å². The van der Waals surface area contributed by atoms with E-state index in [1.807, 2.05) is 24.3 Å². The van der Waals surface area contributed by atoms with Gasteiger partial charge in [-0.25, -0.2) is 9.59 Å². The Morgan fingerprint density at radius 3 is 1.70 bits per heavy atom. The van der Waals surface area contributed by atoms with Gasteiger partial charge in [0.05, 0.1) is 6.54 Å². The molecule has 0 aromatic heterocycles. The molecule has 27 heavy (non-hydrogen) atoms. The normalized spacial score (nSPS) is 12.3. The maximum atomic E-state index is 12.5. The van der Waals surface area contributed by atoms with Gasteiger partial charge in [-0.1, -0.05) is 45.0 Å². The third-order valence-electron chi connectivity index (χ3n) is 3.32. The number of rotatable bonds is 2. The molecule has 0 saturated carbocycles. The smallest absolute Gasteiger partial charge is 0.442 e. The van der Waals surface area contributed by atoms with Crippen molar-refractivity contribution in [2.45, 2.75) is 85.5 Å². The lowest BCUT2D eigenvalue weighted by Crippen LogP contribution is -2.39. The van der Waals surface area contributed by atoms with Gasteiger partial charge in [-0.15, -0.1) is 5.06 Å². The molecule has 1 aromatic rings. The highest BCUT2D eigenvalue weighted by atomic mass is 16.8. The number of hydrogen-bond acceptors (Lipinski definition) is 5. The minimum absolute atomic E-state index is 0.0242. The number of ether oxygens (including phenoxy) is 2. The van der Waals surface area contributed by atoms with E-state index in [-0.39, 0.29) is 12.0 Å².